The molecule has 0 bridgehead atoms. The van der Waals surface area contributed by atoms with Gasteiger partial charge >= 0.3 is 0 Å². The van der Waals surface area contributed by atoms with E-state index in [9.17, 15) is 9.59 Å². The molecule has 0 aliphatic rings. The van der Waals surface area contributed by atoms with Crippen molar-refractivity contribution in [1.29, 1.82) is 0 Å². The van der Waals surface area contributed by atoms with E-state index in [0.29, 0.717) is 12.1 Å². The van der Waals surface area contributed by atoms with E-state index < -0.39 is 6.04 Å². The maximum atomic E-state index is 12.9. The number of likely N-dealkylation sites (N-methyl/N-ethyl adjacent to an activating group) is 1. The lowest BCUT2D eigenvalue weighted by Crippen LogP contribution is -2.50. The summed E-state index contributed by atoms with van der Waals surface area (Å²) in [4.78, 5) is 27.0. The van der Waals surface area contributed by atoms with Crippen LogP contribution >= 0.6 is 0 Å². The Hall–Kier alpha value is -2.63. The lowest BCUT2D eigenvalue weighted by atomic mass is 9.97. The highest BCUT2D eigenvalue weighted by Gasteiger charge is 2.28. The van der Waals surface area contributed by atoms with Crippen LogP contribution in [0.2, 0.25) is 0 Å². The molecule has 1 N–H and O–H groups in total. The summed E-state index contributed by atoms with van der Waals surface area (Å²) >= 11 is 0. The predicted molar refractivity (Wildman–Crippen MR) is 96.8 cm³/mol. The number of nitrogens with zero attached hydrogens (tertiary/aromatic N) is 3. The second-order valence-electron chi connectivity index (χ2n) is 6.42. The van der Waals surface area contributed by atoms with Gasteiger partial charge < -0.3 is 10.2 Å². The normalized spacial score (nSPS) is 13.1. The number of aryl methyl sites for hydroxylation is 1. The Kier molecular flexibility index (Phi) is 6.33. The monoisotopic (exact) mass is 342 g/mol. The average Bonchev–Trinajstić information content (AvgIpc) is 3.03. The number of nitrogens with one attached hydrogen (secondary N) is 1. The highest BCUT2D eigenvalue weighted by Crippen LogP contribution is 2.13. The molecule has 0 radical (unpaired) electrons. The third kappa shape index (κ3) is 4.92. The Morgan fingerprint density at radius 2 is 1.96 bits per heavy atom. The van der Waals surface area contributed by atoms with Crippen molar-refractivity contribution in [2.24, 2.45) is 13.0 Å². The van der Waals surface area contributed by atoms with Gasteiger partial charge in [0.05, 0.1) is 6.20 Å². The second kappa shape index (κ2) is 8.46. The maximum absolute atomic E-state index is 12.9. The van der Waals surface area contributed by atoms with Gasteiger partial charge in [0.2, 0.25) is 5.91 Å². The van der Waals surface area contributed by atoms with E-state index in [-0.39, 0.29) is 17.7 Å². The Morgan fingerprint density at radius 3 is 2.52 bits per heavy atom. The van der Waals surface area contributed by atoms with Crippen LogP contribution in [0.5, 0.6) is 0 Å². The quantitative estimate of drug-likeness (QED) is 0.839. The third-order valence-electron chi connectivity index (χ3n) is 4.36. The van der Waals surface area contributed by atoms with E-state index in [4.69, 9.17) is 0 Å². The van der Waals surface area contributed by atoms with E-state index >= 15 is 0 Å². The summed E-state index contributed by atoms with van der Waals surface area (Å²) < 4.78 is 1.71. The molecule has 25 heavy (non-hydrogen) atoms. The zero-order chi connectivity index (χ0) is 18.4. The van der Waals surface area contributed by atoms with Crippen LogP contribution in [0.3, 0.4) is 0 Å². The van der Waals surface area contributed by atoms with Crippen molar-refractivity contribution in [3.8, 4) is 0 Å². The molecular formula is C19H26N4O2. The molecule has 0 saturated heterocycles. The SMILES string of the molecule is CCC(C)C(NC(=O)c1ccccc1)C(=O)N(C)Cc1cnn(C)c1. The van der Waals surface area contributed by atoms with Crippen LogP contribution in [0.15, 0.2) is 42.7 Å². The van der Waals surface area contributed by atoms with Gasteiger partial charge in [0, 0.05) is 38.0 Å². The number of rotatable bonds is 7. The molecule has 1 aromatic carbocycles. The van der Waals surface area contributed by atoms with Gasteiger partial charge in [-0.1, -0.05) is 38.5 Å². The van der Waals surface area contributed by atoms with E-state index in [1.807, 2.05) is 45.3 Å². The molecule has 2 aromatic rings. The molecule has 2 atom stereocenters. The number of carbonyl (C=O) groups is 2. The van der Waals surface area contributed by atoms with Gasteiger partial charge in [-0.3, -0.25) is 14.3 Å². The Labute approximate surface area is 148 Å². The van der Waals surface area contributed by atoms with Crippen molar-refractivity contribution >= 4 is 11.8 Å². The van der Waals surface area contributed by atoms with Gasteiger partial charge in [-0.25, -0.2) is 0 Å². The van der Waals surface area contributed by atoms with Crippen molar-refractivity contribution in [1.82, 2.24) is 20.0 Å². The molecule has 0 aliphatic carbocycles. The first-order valence-electron chi connectivity index (χ1n) is 8.50. The number of benzene rings is 1. The van der Waals surface area contributed by atoms with Crippen LogP contribution in [0, 0.1) is 5.92 Å². The molecule has 2 unspecified atom stereocenters. The number of hydrogen-bond donors (Lipinski definition) is 1. The first-order chi connectivity index (χ1) is 11.9. The summed E-state index contributed by atoms with van der Waals surface area (Å²) in [5.41, 5.74) is 1.51. The number of aromatic nitrogens is 2. The van der Waals surface area contributed by atoms with Gasteiger partial charge in [-0.2, -0.15) is 5.10 Å². The maximum Gasteiger partial charge on any atom is 0.251 e. The lowest BCUT2D eigenvalue weighted by molar-refractivity contribution is -0.133. The fraction of sp³-hybridized carbons (Fsp3) is 0.421. The fourth-order valence-electron chi connectivity index (χ4n) is 2.64. The van der Waals surface area contributed by atoms with E-state index in [2.05, 4.69) is 10.4 Å². The van der Waals surface area contributed by atoms with Crippen LogP contribution < -0.4 is 5.32 Å². The summed E-state index contributed by atoms with van der Waals surface area (Å²) in [6.07, 6.45) is 4.42. The summed E-state index contributed by atoms with van der Waals surface area (Å²) in [6, 6.07) is 8.40. The van der Waals surface area contributed by atoms with Crippen LogP contribution in [-0.4, -0.2) is 39.6 Å². The molecule has 0 fully saturated rings. The molecule has 0 aliphatic heterocycles. The van der Waals surface area contributed by atoms with Gasteiger partial charge in [0.25, 0.3) is 5.91 Å². The smallest absolute Gasteiger partial charge is 0.251 e. The molecule has 6 nitrogen and oxygen atoms in total. The molecule has 2 amide bonds. The summed E-state index contributed by atoms with van der Waals surface area (Å²) in [7, 11) is 3.59. The molecule has 0 saturated carbocycles. The number of amides is 2. The van der Waals surface area contributed by atoms with E-state index in [1.54, 1.807) is 35.0 Å². The first-order valence-corrected chi connectivity index (χ1v) is 8.50. The van der Waals surface area contributed by atoms with Crippen molar-refractivity contribution in [3.63, 3.8) is 0 Å². The Morgan fingerprint density at radius 1 is 1.28 bits per heavy atom. The molecule has 6 heteroatoms. The van der Waals surface area contributed by atoms with Crippen LogP contribution in [0.1, 0.15) is 36.2 Å². The summed E-state index contributed by atoms with van der Waals surface area (Å²) in [5.74, 6) is -0.284. The minimum atomic E-state index is -0.556. The Balaban J connectivity index is 2.10. The summed E-state index contributed by atoms with van der Waals surface area (Å²) in [6.45, 7) is 4.45. The molecule has 2 rings (SSSR count). The molecule has 1 heterocycles. The number of carbonyl (C=O) groups excluding carboxylic acids is 2. The number of hydrogen-bond acceptors (Lipinski definition) is 3. The minimum Gasteiger partial charge on any atom is -0.340 e. The van der Waals surface area contributed by atoms with Crippen LogP contribution in [-0.2, 0) is 18.4 Å². The fourth-order valence-corrected chi connectivity index (χ4v) is 2.64. The first kappa shape index (κ1) is 18.7. The predicted octanol–water partition coefficient (Wildman–Crippen LogP) is 2.22. The molecule has 1 aromatic heterocycles. The highest BCUT2D eigenvalue weighted by atomic mass is 16.2. The van der Waals surface area contributed by atoms with Gasteiger partial charge in [-0.05, 0) is 18.1 Å². The zero-order valence-electron chi connectivity index (χ0n) is 15.3. The van der Waals surface area contributed by atoms with Crippen molar-refractivity contribution in [2.75, 3.05) is 7.05 Å². The zero-order valence-corrected chi connectivity index (χ0v) is 15.3. The summed E-state index contributed by atoms with van der Waals surface area (Å²) in [5, 5.41) is 7.03. The van der Waals surface area contributed by atoms with Crippen molar-refractivity contribution in [3.05, 3.63) is 53.9 Å². The van der Waals surface area contributed by atoms with Crippen molar-refractivity contribution in [2.45, 2.75) is 32.9 Å². The molecular weight excluding hydrogens is 316 g/mol. The largest absolute Gasteiger partial charge is 0.340 e. The van der Waals surface area contributed by atoms with E-state index in [0.717, 1.165) is 12.0 Å². The average molecular weight is 342 g/mol. The standard InChI is InChI=1S/C19H26N4O2/c1-5-14(2)17(21-18(24)16-9-7-6-8-10-16)19(25)22(3)12-15-11-20-23(4)13-15/h6-11,13-14,17H,5,12H2,1-4H3,(H,21,24). The van der Waals surface area contributed by atoms with Crippen LogP contribution in [0.25, 0.3) is 0 Å². The highest BCUT2D eigenvalue weighted by molar-refractivity contribution is 5.97. The van der Waals surface area contributed by atoms with Gasteiger partial charge in [0.1, 0.15) is 6.04 Å². The third-order valence-corrected chi connectivity index (χ3v) is 4.36. The van der Waals surface area contributed by atoms with Gasteiger partial charge in [-0.15, -0.1) is 0 Å². The molecule has 0 spiro atoms. The lowest BCUT2D eigenvalue weighted by Gasteiger charge is -2.28. The van der Waals surface area contributed by atoms with Crippen molar-refractivity contribution < 1.29 is 9.59 Å². The van der Waals surface area contributed by atoms with E-state index in [1.165, 1.54) is 0 Å². The van der Waals surface area contributed by atoms with Crippen LogP contribution in [0.4, 0.5) is 0 Å². The molecule has 134 valence electrons. The second-order valence-corrected chi connectivity index (χ2v) is 6.42. The van der Waals surface area contributed by atoms with Gasteiger partial charge in [0.15, 0.2) is 0 Å². The Bertz CT molecular complexity index is 711. The minimum absolute atomic E-state index is 0.0384. The topological polar surface area (TPSA) is 67.2 Å².